The molecule has 5 nitrogen and oxygen atoms in total. The highest BCUT2D eigenvalue weighted by Crippen LogP contribution is 2.60. The molecule has 0 aromatic heterocycles. The zero-order valence-corrected chi connectivity index (χ0v) is 15.6. The first-order valence-corrected chi connectivity index (χ1v) is 9.82. The van der Waals surface area contributed by atoms with Crippen LogP contribution in [-0.4, -0.2) is 35.8 Å². The van der Waals surface area contributed by atoms with E-state index in [1.165, 1.54) is 0 Å². The number of benzene rings is 2. The van der Waals surface area contributed by atoms with E-state index in [1.54, 1.807) is 0 Å². The monoisotopic (exact) mass is 375 g/mol. The first-order valence-electron chi connectivity index (χ1n) is 9.82. The summed E-state index contributed by atoms with van der Waals surface area (Å²) in [4.78, 5) is 39.8. The minimum Gasteiger partial charge on any atom is -0.464 e. The summed E-state index contributed by atoms with van der Waals surface area (Å²) in [6.07, 6.45) is 0.702. The number of nitrogens with zero attached hydrogens (tertiary/aromatic N) is 1. The molecule has 2 aromatic carbocycles. The average molecular weight is 375 g/mol. The van der Waals surface area contributed by atoms with Gasteiger partial charge >= 0.3 is 5.97 Å². The minimum absolute atomic E-state index is 0.143. The van der Waals surface area contributed by atoms with Gasteiger partial charge in [0.05, 0.1) is 18.4 Å². The molecule has 2 atom stereocenters. The van der Waals surface area contributed by atoms with E-state index in [-0.39, 0.29) is 30.2 Å². The van der Waals surface area contributed by atoms with Crippen LogP contribution >= 0.6 is 0 Å². The number of carbonyl (C=O) groups excluding carboxylic acids is 3. The molecule has 1 heterocycles. The fourth-order valence-electron chi connectivity index (χ4n) is 5.29. The van der Waals surface area contributed by atoms with E-state index in [9.17, 15) is 14.4 Å². The third-order valence-electron chi connectivity index (χ3n) is 6.29. The van der Waals surface area contributed by atoms with Crippen molar-refractivity contribution in [2.24, 2.45) is 11.8 Å². The number of esters is 1. The Morgan fingerprint density at radius 2 is 1.29 bits per heavy atom. The van der Waals surface area contributed by atoms with Crippen LogP contribution in [0.15, 0.2) is 48.5 Å². The summed E-state index contributed by atoms with van der Waals surface area (Å²) in [7, 11) is 0. The van der Waals surface area contributed by atoms with E-state index < -0.39 is 17.8 Å². The normalized spacial score (nSPS) is 26.7. The number of hydrogen-bond acceptors (Lipinski definition) is 4. The molecule has 2 amide bonds. The fraction of sp³-hybridized carbons (Fsp3) is 0.348. The van der Waals surface area contributed by atoms with Crippen molar-refractivity contribution in [1.29, 1.82) is 0 Å². The standard InChI is InChI=1S/C23H21NO4/c1-2-11-28-17(25)12-24-22(26)20-18-13-7-3-4-8-14(13)19(21(20)23(24)27)16-10-6-5-9-15(16)18/h3-10,18-21H,2,11-12H2,1H3. The Hall–Kier alpha value is -2.95. The zero-order chi connectivity index (χ0) is 19.4. The Balaban J connectivity index is 1.58. The quantitative estimate of drug-likeness (QED) is 0.609. The van der Waals surface area contributed by atoms with Crippen LogP contribution in [0.1, 0.15) is 47.4 Å². The lowest BCUT2D eigenvalue weighted by Gasteiger charge is -2.45. The summed E-state index contributed by atoms with van der Waals surface area (Å²) in [6, 6.07) is 16.2. The Labute approximate surface area is 163 Å². The highest BCUT2D eigenvalue weighted by atomic mass is 16.5. The van der Waals surface area contributed by atoms with Gasteiger partial charge in [-0.2, -0.15) is 0 Å². The second kappa shape index (κ2) is 6.30. The van der Waals surface area contributed by atoms with E-state index in [4.69, 9.17) is 4.74 Å². The van der Waals surface area contributed by atoms with Gasteiger partial charge in [-0.1, -0.05) is 55.5 Å². The molecule has 0 saturated carbocycles. The van der Waals surface area contributed by atoms with Crippen molar-refractivity contribution in [2.75, 3.05) is 13.2 Å². The average Bonchev–Trinajstić information content (AvgIpc) is 2.97. The molecule has 3 aliphatic carbocycles. The van der Waals surface area contributed by atoms with E-state index in [1.807, 2.05) is 31.2 Å². The van der Waals surface area contributed by atoms with E-state index in [0.29, 0.717) is 13.0 Å². The summed E-state index contributed by atoms with van der Waals surface area (Å²) in [5.41, 5.74) is 4.51. The summed E-state index contributed by atoms with van der Waals surface area (Å²) >= 11 is 0. The minimum atomic E-state index is -0.524. The maximum absolute atomic E-state index is 13.3. The van der Waals surface area contributed by atoms with Crippen molar-refractivity contribution in [3.8, 4) is 0 Å². The van der Waals surface area contributed by atoms with Crippen LogP contribution < -0.4 is 0 Å². The maximum atomic E-state index is 13.3. The van der Waals surface area contributed by atoms with Crippen molar-refractivity contribution < 1.29 is 19.1 Å². The zero-order valence-electron chi connectivity index (χ0n) is 15.6. The van der Waals surface area contributed by atoms with E-state index >= 15 is 0 Å². The summed E-state index contributed by atoms with van der Waals surface area (Å²) in [5, 5.41) is 0. The molecule has 4 aliphatic rings. The second-order valence-electron chi connectivity index (χ2n) is 7.75. The summed E-state index contributed by atoms with van der Waals surface area (Å²) in [5.74, 6) is -2.19. The fourth-order valence-corrected chi connectivity index (χ4v) is 5.29. The number of carbonyl (C=O) groups is 3. The van der Waals surface area contributed by atoms with Crippen molar-refractivity contribution in [2.45, 2.75) is 25.2 Å². The van der Waals surface area contributed by atoms with Crippen molar-refractivity contribution in [3.63, 3.8) is 0 Å². The number of imide groups is 1. The Bertz CT molecular complexity index is 882. The molecule has 142 valence electrons. The van der Waals surface area contributed by atoms with Gasteiger partial charge in [-0.15, -0.1) is 0 Å². The number of rotatable bonds is 4. The Morgan fingerprint density at radius 1 is 0.857 bits per heavy atom. The molecule has 0 radical (unpaired) electrons. The molecule has 1 fully saturated rings. The molecule has 1 aliphatic heterocycles. The van der Waals surface area contributed by atoms with Crippen LogP contribution in [0, 0.1) is 11.8 Å². The Kier molecular flexibility index (Phi) is 3.86. The molecule has 0 N–H and O–H groups in total. The highest BCUT2D eigenvalue weighted by molar-refractivity contribution is 6.09. The van der Waals surface area contributed by atoms with Crippen LogP contribution in [0.3, 0.4) is 0 Å². The summed E-state index contributed by atoms with van der Waals surface area (Å²) < 4.78 is 5.11. The van der Waals surface area contributed by atoms with Gasteiger partial charge in [0.15, 0.2) is 0 Å². The number of ether oxygens (including phenoxy) is 1. The first-order chi connectivity index (χ1) is 13.6. The molecule has 5 heteroatoms. The van der Waals surface area contributed by atoms with Gasteiger partial charge < -0.3 is 4.74 Å². The van der Waals surface area contributed by atoms with E-state index in [2.05, 4.69) is 24.3 Å². The number of amides is 2. The van der Waals surface area contributed by atoms with Crippen molar-refractivity contribution >= 4 is 17.8 Å². The third kappa shape index (κ3) is 2.22. The topological polar surface area (TPSA) is 63.7 Å². The van der Waals surface area contributed by atoms with Gasteiger partial charge in [-0.05, 0) is 28.7 Å². The van der Waals surface area contributed by atoms with Crippen molar-refractivity contribution in [1.82, 2.24) is 4.90 Å². The molecule has 2 unspecified atom stereocenters. The molecule has 2 bridgehead atoms. The number of hydrogen-bond donors (Lipinski definition) is 0. The van der Waals surface area contributed by atoms with E-state index in [0.717, 1.165) is 27.2 Å². The maximum Gasteiger partial charge on any atom is 0.326 e. The lowest BCUT2D eigenvalue weighted by molar-refractivity contribution is -0.153. The van der Waals surface area contributed by atoms with Crippen LogP contribution in [0.4, 0.5) is 0 Å². The summed E-state index contributed by atoms with van der Waals surface area (Å²) in [6.45, 7) is 1.90. The molecule has 6 rings (SSSR count). The molecule has 1 saturated heterocycles. The van der Waals surface area contributed by atoms with Crippen LogP contribution in [0.2, 0.25) is 0 Å². The Morgan fingerprint density at radius 3 is 1.68 bits per heavy atom. The number of likely N-dealkylation sites (tertiary alicyclic amines) is 1. The molecule has 2 aromatic rings. The molecule has 28 heavy (non-hydrogen) atoms. The SMILES string of the molecule is CCCOC(=O)CN1C(=O)C2C3c4ccccc4C(c4ccccc43)C2C1=O. The lowest BCUT2D eigenvalue weighted by atomic mass is 9.55. The molecular weight excluding hydrogens is 354 g/mol. The van der Waals surface area contributed by atoms with Gasteiger partial charge in [-0.3, -0.25) is 19.3 Å². The van der Waals surface area contributed by atoms with Gasteiger partial charge in [0.25, 0.3) is 0 Å². The predicted molar refractivity (Wildman–Crippen MR) is 102 cm³/mol. The predicted octanol–water partition coefficient (Wildman–Crippen LogP) is 2.83. The van der Waals surface area contributed by atoms with Crippen LogP contribution in [0.5, 0.6) is 0 Å². The van der Waals surface area contributed by atoms with Crippen molar-refractivity contribution in [3.05, 3.63) is 70.8 Å². The van der Waals surface area contributed by atoms with Crippen LogP contribution in [0.25, 0.3) is 0 Å². The molecule has 0 spiro atoms. The van der Waals surface area contributed by atoms with Gasteiger partial charge in [0.2, 0.25) is 11.8 Å². The lowest BCUT2D eigenvalue weighted by Crippen LogP contribution is -2.41. The largest absolute Gasteiger partial charge is 0.464 e. The second-order valence-corrected chi connectivity index (χ2v) is 7.75. The first kappa shape index (κ1) is 17.2. The van der Waals surface area contributed by atoms with Gasteiger partial charge in [0.1, 0.15) is 6.54 Å². The highest BCUT2D eigenvalue weighted by Gasteiger charge is 2.61. The van der Waals surface area contributed by atoms with Gasteiger partial charge in [0, 0.05) is 11.8 Å². The van der Waals surface area contributed by atoms with Gasteiger partial charge in [-0.25, -0.2) is 0 Å². The smallest absolute Gasteiger partial charge is 0.326 e. The molecular formula is C23H21NO4. The third-order valence-corrected chi connectivity index (χ3v) is 6.29. The van der Waals surface area contributed by atoms with Crippen LogP contribution in [-0.2, 0) is 19.1 Å².